The van der Waals surface area contributed by atoms with E-state index in [9.17, 15) is 14.7 Å². The van der Waals surface area contributed by atoms with E-state index >= 15 is 0 Å². The largest absolute Gasteiger partial charge is 0.501 e. The van der Waals surface area contributed by atoms with Crippen molar-refractivity contribution in [3.8, 4) is 5.75 Å². The van der Waals surface area contributed by atoms with Crippen molar-refractivity contribution < 1.29 is 15.0 Å². The number of aromatic nitrogens is 2. The monoisotopic (exact) mass is 280 g/mol. The molecule has 7 heteroatoms. The summed E-state index contributed by atoms with van der Waals surface area (Å²) >= 11 is 5.74. The molecule has 0 saturated heterocycles. The van der Waals surface area contributed by atoms with E-state index < -0.39 is 23.0 Å². The molecule has 0 fully saturated rings. The second-order valence-corrected chi connectivity index (χ2v) is 4.25. The molecule has 1 aromatic carbocycles. The number of benzene rings is 1. The van der Waals surface area contributed by atoms with Gasteiger partial charge in [0.2, 0.25) is 5.75 Å². The molecule has 0 radical (unpaired) electrons. The first kappa shape index (κ1) is 13.1. The highest BCUT2D eigenvalue weighted by atomic mass is 35.5. The summed E-state index contributed by atoms with van der Waals surface area (Å²) in [6.45, 7) is 0. The standard InChI is InChI=1S/C12H9ClN2O4/c13-7-3-1-6(2-4-7)5-8-14-9(12(18)19)10(16)11(17)15-8/h1-4,16H,5H2,(H,18,19)(H,14,15,17). The molecule has 2 rings (SSSR count). The smallest absolute Gasteiger partial charge is 0.358 e. The Kier molecular flexibility index (Phi) is 3.52. The third-order valence-electron chi connectivity index (χ3n) is 2.43. The number of nitrogens with zero attached hydrogens (tertiary/aromatic N) is 1. The predicted octanol–water partition coefficient (Wildman–Crippen LogP) is 1.42. The van der Waals surface area contributed by atoms with Crippen molar-refractivity contribution in [2.75, 3.05) is 0 Å². The van der Waals surface area contributed by atoms with E-state index in [1.165, 1.54) is 0 Å². The van der Waals surface area contributed by atoms with Crippen molar-refractivity contribution in [1.29, 1.82) is 0 Å². The zero-order chi connectivity index (χ0) is 14.0. The minimum Gasteiger partial charge on any atom is -0.501 e. The minimum absolute atomic E-state index is 0.155. The van der Waals surface area contributed by atoms with Crippen LogP contribution in [0.3, 0.4) is 0 Å². The number of aromatic hydroxyl groups is 1. The molecule has 0 unspecified atom stereocenters. The van der Waals surface area contributed by atoms with Gasteiger partial charge in [-0.2, -0.15) is 0 Å². The summed E-state index contributed by atoms with van der Waals surface area (Å²) in [5, 5.41) is 18.7. The molecular formula is C12H9ClN2O4. The first-order chi connectivity index (χ1) is 8.97. The highest BCUT2D eigenvalue weighted by molar-refractivity contribution is 6.30. The van der Waals surface area contributed by atoms with Gasteiger partial charge in [-0.25, -0.2) is 9.78 Å². The molecule has 0 amide bonds. The van der Waals surface area contributed by atoms with Crippen LogP contribution in [0.15, 0.2) is 29.1 Å². The molecule has 0 aliphatic heterocycles. The van der Waals surface area contributed by atoms with Gasteiger partial charge in [-0.15, -0.1) is 0 Å². The van der Waals surface area contributed by atoms with Crippen molar-refractivity contribution in [1.82, 2.24) is 9.97 Å². The normalized spacial score (nSPS) is 10.4. The topological polar surface area (TPSA) is 103 Å². The summed E-state index contributed by atoms with van der Waals surface area (Å²) in [5.41, 5.74) is -0.737. The molecule has 0 aliphatic carbocycles. The van der Waals surface area contributed by atoms with E-state index in [0.717, 1.165) is 5.56 Å². The lowest BCUT2D eigenvalue weighted by atomic mass is 10.1. The first-order valence-electron chi connectivity index (χ1n) is 5.27. The van der Waals surface area contributed by atoms with Crippen LogP contribution >= 0.6 is 11.6 Å². The third kappa shape index (κ3) is 2.92. The molecule has 1 heterocycles. The van der Waals surface area contributed by atoms with E-state index in [4.69, 9.17) is 16.7 Å². The number of hydrogen-bond donors (Lipinski definition) is 3. The Bertz CT molecular complexity index is 679. The number of nitrogens with one attached hydrogen (secondary N) is 1. The summed E-state index contributed by atoms with van der Waals surface area (Å²) in [7, 11) is 0. The molecule has 0 aliphatic rings. The van der Waals surface area contributed by atoms with Crippen molar-refractivity contribution in [3.63, 3.8) is 0 Å². The minimum atomic E-state index is -1.46. The van der Waals surface area contributed by atoms with Gasteiger partial charge in [0.05, 0.1) is 0 Å². The highest BCUT2D eigenvalue weighted by Gasteiger charge is 2.16. The molecule has 0 saturated carbocycles. The predicted molar refractivity (Wildman–Crippen MR) is 67.7 cm³/mol. The van der Waals surface area contributed by atoms with Crippen LogP contribution in [-0.4, -0.2) is 26.2 Å². The van der Waals surface area contributed by atoms with E-state index in [-0.39, 0.29) is 12.2 Å². The van der Waals surface area contributed by atoms with Crippen LogP contribution in [-0.2, 0) is 6.42 Å². The maximum absolute atomic E-state index is 11.4. The first-order valence-corrected chi connectivity index (χ1v) is 5.65. The van der Waals surface area contributed by atoms with Gasteiger partial charge in [0.15, 0.2) is 5.69 Å². The van der Waals surface area contributed by atoms with Crippen molar-refractivity contribution in [2.24, 2.45) is 0 Å². The van der Waals surface area contributed by atoms with E-state index in [2.05, 4.69) is 9.97 Å². The fourth-order valence-electron chi connectivity index (χ4n) is 1.54. The van der Waals surface area contributed by atoms with E-state index in [1.807, 2.05) is 0 Å². The average Bonchev–Trinajstić information content (AvgIpc) is 2.36. The lowest BCUT2D eigenvalue weighted by Gasteiger charge is -2.04. The summed E-state index contributed by atoms with van der Waals surface area (Å²) in [4.78, 5) is 28.2. The number of carboxylic acid groups (broad SMARTS) is 1. The zero-order valence-corrected chi connectivity index (χ0v) is 10.3. The SMILES string of the molecule is O=C(O)c1nc(Cc2ccc(Cl)cc2)[nH]c(=O)c1O. The molecule has 0 bridgehead atoms. The van der Waals surface area contributed by atoms with Crippen molar-refractivity contribution >= 4 is 17.6 Å². The average molecular weight is 281 g/mol. The van der Waals surface area contributed by atoms with Crippen LogP contribution < -0.4 is 5.56 Å². The Morgan fingerprint density at radius 3 is 2.53 bits per heavy atom. The fraction of sp³-hybridized carbons (Fsp3) is 0.0833. The fourth-order valence-corrected chi connectivity index (χ4v) is 1.67. The van der Waals surface area contributed by atoms with Crippen LogP contribution in [0.25, 0.3) is 0 Å². The van der Waals surface area contributed by atoms with Gasteiger partial charge in [0, 0.05) is 11.4 Å². The summed E-state index contributed by atoms with van der Waals surface area (Å²) in [6.07, 6.45) is 0.229. The highest BCUT2D eigenvalue weighted by Crippen LogP contribution is 2.13. The number of aromatic amines is 1. The Labute approximate surface area is 112 Å². The Morgan fingerprint density at radius 1 is 1.32 bits per heavy atom. The molecular weight excluding hydrogens is 272 g/mol. The number of aromatic carboxylic acids is 1. The van der Waals surface area contributed by atoms with Crippen LogP contribution in [0.4, 0.5) is 0 Å². The van der Waals surface area contributed by atoms with Crippen LogP contribution in [0.2, 0.25) is 5.02 Å². The number of carbonyl (C=O) groups is 1. The lowest BCUT2D eigenvalue weighted by Crippen LogP contribution is -2.17. The summed E-state index contributed by atoms with van der Waals surface area (Å²) in [6, 6.07) is 6.81. The van der Waals surface area contributed by atoms with Gasteiger partial charge in [0.1, 0.15) is 5.82 Å². The van der Waals surface area contributed by atoms with Gasteiger partial charge >= 0.3 is 5.97 Å². The molecule has 19 heavy (non-hydrogen) atoms. The van der Waals surface area contributed by atoms with Gasteiger partial charge in [-0.3, -0.25) is 4.79 Å². The van der Waals surface area contributed by atoms with Gasteiger partial charge in [-0.05, 0) is 17.7 Å². The van der Waals surface area contributed by atoms with Gasteiger partial charge in [0.25, 0.3) is 5.56 Å². The van der Waals surface area contributed by atoms with E-state index in [0.29, 0.717) is 5.02 Å². The number of H-pyrrole nitrogens is 1. The molecule has 2 aromatic rings. The van der Waals surface area contributed by atoms with Crippen molar-refractivity contribution in [2.45, 2.75) is 6.42 Å². The number of rotatable bonds is 3. The second kappa shape index (κ2) is 5.11. The zero-order valence-electron chi connectivity index (χ0n) is 9.55. The molecule has 6 nitrogen and oxygen atoms in total. The quantitative estimate of drug-likeness (QED) is 0.789. The molecule has 98 valence electrons. The Balaban J connectivity index is 2.38. The molecule has 1 aromatic heterocycles. The second-order valence-electron chi connectivity index (χ2n) is 3.82. The van der Waals surface area contributed by atoms with Crippen LogP contribution in [0.5, 0.6) is 5.75 Å². The van der Waals surface area contributed by atoms with Crippen LogP contribution in [0, 0.1) is 0 Å². The Hall–Kier alpha value is -2.34. The van der Waals surface area contributed by atoms with E-state index in [1.54, 1.807) is 24.3 Å². The number of halogens is 1. The molecule has 0 atom stereocenters. The summed E-state index contributed by atoms with van der Waals surface area (Å²) in [5.74, 6) is -2.20. The van der Waals surface area contributed by atoms with Gasteiger partial charge < -0.3 is 15.2 Å². The third-order valence-corrected chi connectivity index (χ3v) is 2.68. The number of hydrogen-bond acceptors (Lipinski definition) is 4. The maximum Gasteiger partial charge on any atom is 0.358 e. The Morgan fingerprint density at radius 2 is 1.95 bits per heavy atom. The van der Waals surface area contributed by atoms with Gasteiger partial charge in [-0.1, -0.05) is 23.7 Å². The number of carboxylic acids is 1. The summed E-state index contributed by atoms with van der Waals surface area (Å²) < 4.78 is 0. The van der Waals surface area contributed by atoms with Crippen molar-refractivity contribution in [3.05, 3.63) is 56.7 Å². The van der Waals surface area contributed by atoms with Crippen LogP contribution in [0.1, 0.15) is 21.9 Å². The molecule has 0 spiro atoms. The lowest BCUT2D eigenvalue weighted by molar-refractivity contribution is 0.0686. The molecule has 3 N–H and O–H groups in total. The maximum atomic E-state index is 11.4.